The lowest BCUT2D eigenvalue weighted by Gasteiger charge is -2.38. The van der Waals surface area contributed by atoms with Gasteiger partial charge in [-0.3, -0.25) is 4.79 Å². The Morgan fingerprint density at radius 2 is 1.88 bits per heavy atom. The molecular weight excluding hydrogens is 440 g/mol. The van der Waals surface area contributed by atoms with Crippen molar-refractivity contribution in [1.29, 1.82) is 0 Å². The SMILES string of the molecule is COc1ccc(C2C3=C(CC(C)(C)CC3=O)Nc3nc(-c4cccc(Cl)c4)nn32)cc1OC. The fraction of sp³-hybridized carbons (Fsp3) is 0.320. The lowest BCUT2D eigenvalue weighted by molar-refractivity contribution is -0.118. The molecule has 1 aliphatic heterocycles. The van der Waals surface area contributed by atoms with E-state index in [1.165, 1.54) is 0 Å². The van der Waals surface area contributed by atoms with E-state index in [9.17, 15) is 4.79 Å². The number of nitrogens with zero attached hydrogens (tertiary/aromatic N) is 3. The second-order valence-corrected chi connectivity index (χ2v) is 9.63. The van der Waals surface area contributed by atoms with Gasteiger partial charge in [0.05, 0.1) is 14.2 Å². The van der Waals surface area contributed by atoms with Gasteiger partial charge in [-0.05, 0) is 41.7 Å². The minimum Gasteiger partial charge on any atom is -0.493 e. The summed E-state index contributed by atoms with van der Waals surface area (Å²) >= 11 is 6.20. The number of benzene rings is 2. The van der Waals surface area contributed by atoms with E-state index >= 15 is 0 Å². The summed E-state index contributed by atoms with van der Waals surface area (Å²) in [5.41, 5.74) is 3.16. The molecule has 1 atom stereocenters. The lowest BCUT2D eigenvalue weighted by Crippen LogP contribution is -2.36. The summed E-state index contributed by atoms with van der Waals surface area (Å²) < 4.78 is 12.7. The van der Waals surface area contributed by atoms with E-state index in [0.717, 1.165) is 28.8 Å². The Balaban J connectivity index is 1.69. The predicted octanol–water partition coefficient (Wildman–Crippen LogP) is 5.27. The van der Waals surface area contributed by atoms with Crippen molar-refractivity contribution < 1.29 is 14.3 Å². The molecule has 0 saturated carbocycles. The number of rotatable bonds is 4. The van der Waals surface area contributed by atoms with Crippen LogP contribution in [0.25, 0.3) is 11.4 Å². The van der Waals surface area contributed by atoms with Crippen molar-refractivity contribution in [1.82, 2.24) is 14.8 Å². The minimum absolute atomic E-state index is 0.110. The quantitative estimate of drug-likeness (QED) is 0.566. The number of hydrogen-bond donors (Lipinski definition) is 1. The first-order valence-electron chi connectivity index (χ1n) is 10.8. The van der Waals surface area contributed by atoms with Crippen molar-refractivity contribution in [3.8, 4) is 22.9 Å². The third kappa shape index (κ3) is 3.76. The van der Waals surface area contributed by atoms with Crippen LogP contribution in [-0.4, -0.2) is 34.8 Å². The number of hydrogen-bond acceptors (Lipinski definition) is 6. The summed E-state index contributed by atoms with van der Waals surface area (Å²) in [6, 6.07) is 12.7. The van der Waals surface area contributed by atoms with Gasteiger partial charge in [0, 0.05) is 28.3 Å². The number of fused-ring (bicyclic) bond motifs is 1. The fourth-order valence-electron chi connectivity index (χ4n) is 4.69. The Hall–Kier alpha value is -3.32. The number of halogens is 1. The zero-order valence-corrected chi connectivity index (χ0v) is 19.7. The van der Waals surface area contributed by atoms with Crippen LogP contribution < -0.4 is 14.8 Å². The summed E-state index contributed by atoms with van der Waals surface area (Å²) in [4.78, 5) is 18.2. The van der Waals surface area contributed by atoms with Gasteiger partial charge < -0.3 is 14.8 Å². The molecule has 0 amide bonds. The van der Waals surface area contributed by atoms with Crippen LogP contribution in [0.3, 0.4) is 0 Å². The van der Waals surface area contributed by atoms with E-state index in [1.54, 1.807) is 18.9 Å². The highest BCUT2D eigenvalue weighted by atomic mass is 35.5. The summed E-state index contributed by atoms with van der Waals surface area (Å²) in [5.74, 6) is 2.46. The molecular formula is C25H25ClN4O3. The molecule has 8 heteroatoms. The van der Waals surface area contributed by atoms with Gasteiger partial charge in [0.2, 0.25) is 5.95 Å². The zero-order valence-electron chi connectivity index (χ0n) is 19.0. The smallest absolute Gasteiger partial charge is 0.226 e. The maximum absolute atomic E-state index is 13.4. The molecule has 2 aliphatic rings. The second kappa shape index (κ2) is 7.92. The number of methoxy groups -OCH3 is 2. The summed E-state index contributed by atoms with van der Waals surface area (Å²) in [6.07, 6.45) is 1.22. The number of carbonyl (C=O) groups is 1. The van der Waals surface area contributed by atoms with Crippen LogP contribution in [-0.2, 0) is 4.79 Å². The largest absolute Gasteiger partial charge is 0.493 e. The van der Waals surface area contributed by atoms with E-state index in [-0.39, 0.29) is 11.2 Å². The Labute approximate surface area is 197 Å². The van der Waals surface area contributed by atoms with Crippen LogP contribution in [0.2, 0.25) is 5.02 Å². The average Bonchev–Trinajstić information content (AvgIpc) is 3.20. The predicted molar refractivity (Wildman–Crippen MR) is 127 cm³/mol. The van der Waals surface area contributed by atoms with E-state index in [0.29, 0.717) is 34.7 Å². The van der Waals surface area contributed by atoms with Crippen molar-refractivity contribution in [3.05, 3.63) is 64.3 Å². The molecule has 170 valence electrons. The highest BCUT2D eigenvalue weighted by Crippen LogP contribution is 2.46. The van der Waals surface area contributed by atoms with Gasteiger partial charge in [0.15, 0.2) is 23.1 Å². The summed E-state index contributed by atoms with van der Waals surface area (Å²) in [7, 11) is 3.20. The minimum atomic E-state index is -0.430. The van der Waals surface area contributed by atoms with Gasteiger partial charge in [0.25, 0.3) is 0 Å². The molecule has 0 bridgehead atoms. The first kappa shape index (κ1) is 21.5. The van der Waals surface area contributed by atoms with Gasteiger partial charge in [-0.1, -0.05) is 43.6 Å². The zero-order chi connectivity index (χ0) is 23.3. The van der Waals surface area contributed by atoms with E-state index < -0.39 is 6.04 Å². The number of ketones is 1. The average molecular weight is 465 g/mol. The number of aromatic nitrogens is 3. The van der Waals surface area contributed by atoms with Gasteiger partial charge in [0.1, 0.15) is 6.04 Å². The number of carbonyl (C=O) groups excluding carboxylic acids is 1. The molecule has 2 heterocycles. The first-order valence-corrected chi connectivity index (χ1v) is 11.1. The summed E-state index contributed by atoms with van der Waals surface area (Å²) in [5, 5.41) is 8.82. The van der Waals surface area contributed by atoms with Crippen molar-refractivity contribution in [2.75, 3.05) is 19.5 Å². The van der Waals surface area contributed by atoms with Crippen LogP contribution in [0, 0.1) is 5.41 Å². The molecule has 0 saturated heterocycles. The van der Waals surface area contributed by atoms with Crippen molar-refractivity contribution in [3.63, 3.8) is 0 Å². The second-order valence-electron chi connectivity index (χ2n) is 9.19. The van der Waals surface area contributed by atoms with E-state index in [4.69, 9.17) is 31.2 Å². The Morgan fingerprint density at radius 1 is 1.09 bits per heavy atom. The topological polar surface area (TPSA) is 78.3 Å². The first-order chi connectivity index (χ1) is 15.8. The lowest BCUT2D eigenvalue weighted by atomic mass is 9.73. The normalized spacial score (nSPS) is 18.9. The van der Waals surface area contributed by atoms with Crippen LogP contribution in [0.15, 0.2) is 53.7 Å². The molecule has 33 heavy (non-hydrogen) atoms. The number of allylic oxidation sites excluding steroid dienone is 2. The monoisotopic (exact) mass is 464 g/mol. The number of anilines is 1. The van der Waals surface area contributed by atoms with Crippen molar-refractivity contribution in [2.24, 2.45) is 5.41 Å². The third-order valence-corrected chi connectivity index (χ3v) is 6.37. The molecule has 2 aromatic carbocycles. The van der Waals surface area contributed by atoms with Gasteiger partial charge in [-0.2, -0.15) is 4.98 Å². The molecule has 0 radical (unpaired) electrons. The molecule has 0 spiro atoms. The van der Waals surface area contributed by atoms with Crippen LogP contribution >= 0.6 is 11.6 Å². The molecule has 3 aromatic rings. The van der Waals surface area contributed by atoms with Gasteiger partial charge >= 0.3 is 0 Å². The molecule has 0 fully saturated rings. The third-order valence-electron chi connectivity index (χ3n) is 6.14. The van der Waals surface area contributed by atoms with Gasteiger partial charge in [-0.15, -0.1) is 5.10 Å². The number of nitrogens with one attached hydrogen (secondary N) is 1. The van der Waals surface area contributed by atoms with Gasteiger partial charge in [-0.25, -0.2) is 4.68 Å². The van der Waals surface area contributed by atoms with E-state index in [2.05, 4.69) is 19.2 Å². The Kier molecular flexibility index (Phi) is 5.16. The Morgan fingerprint density at radius 3 is 2.61 bits per heavy atom. The number of ether oxygens (including phenoxy) is 2. The van der Waals surface area contributed by atoms with Crippen molar-refractivity contribution >= 4 is 23.3 Å². The van der Waals surface area contributed by atoms with Crippen molar-refractivity contribution in [2.45, 2.75) is 32.7 Å². The maximum Gasteiger partial charge on any atom is 0.226 e. The molecule has 1 N–H and O–H groups in total. The van der Waals surface area contributed by atoms with Crippen LogP contribution in [0.5, 0.6) is 11.5 Å². The molecule has 1 unspecified atom stereocenters. The highest BCUT2D eigenvalue weighted by Gasteiger charge is 2.42. The molecule has 1 aromatic heterocycles. The highest BCUT2D eigenvalue weighted by molar-refractivity contribution is 6.30. The Bertz CT molecular complexity index is 1290. The molecule has 1 aliphatic carbocycles. The molecule has 7 nitrogen and oxygen atoms in total. The van der Waals surface area contributed by atoms with Crippen LogP contribution in [0.1, 0.15) is 38.3 Å². The fourth-order valence-corrected chi connectivity index (χ4v) is 4.88. The summed E-state index contributed by atoms with van der Waals surface area (Å²) in [6.45, 7) is 4.22. The van der Waals surface area contributed by atoms with Crippen LogP contribution in [0.4, 0.5) is 5.95 Å². The standard InChI is InChI=1S/C25H25ClN4O3/c1-25(2)12-17-21(18(31)13-25)22(14-8-9-19(32-3)20(11-14)33-4)30-24(27-17)28-23(29-30)15-6-5-7-16(26)10-15/h5-11,22H,12-13H2,1-4H3,(H,27,28,29). The maximum atomic E-state index is 13.4. The molecule has 5 rings (SSSR count). The van der Waals surface area contributed by atoms with E-state index in [1.807, 2.05) is 42.5 Å². The number of Topliss-reactive ketones (excluding diaryl/α,β-unsaturated/α-hetero) is 1.